The third kappa shape index (κ3) is 2.24. The van der Waals surface area contributed by atoms with E-state index in [0.717, 1.165) is 6.04 Å². The van der Waals surface area contributed by atoms with Crippen molar-refractivity contribution in [1.82, 2.24) is 4.98 Å². The van der Waals surface area contributed by atoms with E-state index >= 15 is 0 Å². The van der Waals surface area contributed by atoms with Gasteiger partial charge in [0.2, 0.25) is 0 Å². The molecule has 0 aliphatic rings. The maximum Gasteiger partial charge on any atom is 0.0896 e. The molecule has 58 valence electrons. The van der Waals surface area contributed by atoms with E-state index in [1.165, 1.54) is 5.69 Å². The lowest BCUT2D eigenvalue weighted by molar-refractivity contribution is 1.21. The van der Waals surface area contributed by atoms with Gasteiger partial charge in [0.1, 0.15) is 0 Å². The average Bonchev–Trinajstić information content (AvgIpc) is 2.52. The summed E-state index contributed by atoms with van der Waals surface area (Å²) in [5.74, 6) is 0. The fraction of sp³-hybridized carbons (Fsp3) is 0.111. The summed E-state index contributed by atoms with van der Waals surface area (Å²) in [4.78, 5) is 3.18. The Hall–Kier alpha value is -1.02. The van der Waals surface area contributed by atoms with Crippen LogP contribution in [0.5, 0.6) is 0 Å². The lowest BCUT2D eigenvalue weighted by Crippen LogP contribution is -2.10. The lowest BCUT2D eigenvalue weighted by Gasteiger charge is -2.01. The van der Waals surface area contributed by atoms with Crippen LogP contribution in [0.4, 0.5) is 0 Å². The van der Waals surface area contributed by atoms with Crippen LogP contribution in [0.25, 0.3) is 0 Å². The van der Waals surface area contributed by atoms with Gasteiger partial charge >= 0.3 is 0 Å². The summed E-state index contributed by atoms with van der Waals surface area (Å²) in [6.07, 6.45) is 1.95. The topological polar surface area (TPSA) is 15.8 Å². The number of hydrogen-bond acceptors (Lipinski definition) is 0. The highest BCUT2D eigenvalue weighted by molar-refractivity contribution is 6.68. The van der Waals surface area contributed by atoms with Gasteiger partial charge < -0.3 is 4.98 Å². The summed E-state index contributed by atoms with van der Waals surface area (Å²) in [6.45, 7) is 7.58. The molecule has 0 aliphatic heterocycles. The van der Waals surface area contributed by atoms with Crippen molar-refractivity contribution in [1.29, 1.82) is 0 Å². The van der Waals surface area contributed by atoms with Crippen LogP contribution in [-0.2, 0) is 6.04 Å². The van der Waals surface area contributed by atoms with E-state index < -0.39 is 8.80 Å². The van der Waals surface area contributed by atoms with E-state index in [0.29, 0.717) is 0 Å². The zero-order chi connectivity index (χ0) is 8.10. The first-order chi connectivity index (χ1) is 5.36. The number of rotatable bonds is 4. The minimum atomic E-state index is -0.888. The lowest BCUT2D eigenvalue weighted by atomic mass is 10.5. The summed E-state index contributed by atoms with van der Waals surface area (Å²) in [5.41, 5.74) is 5.39. The number of nitrogens with one attached hydrogen (secondary N) is 1. The molecule has 0 bridgehead atoms. The van der Waals surface area contributed by atoms with Crippen LogP contribution in [0.3, 0.4) is 0 Å². The highest BCUT2D eigenvalue weighted by Gasteiger charge is 2.01. The van der Waals surface area contributed by atoms with Crippen LogP contribution < -0.4 is 0 Å². The molecule has 0 amide bonds. The summed E-state index contributed by atoms with van der Waals surface area (Å²) in [6, 6.07) is 5.24. The SMILES string of the molecule is C=C[SiH](C=C)Cc1ccc[nH]1. The molecule has 2 heteroatoms. The molecule has 0 aliphatic carbocycles. The van der Waals surface area contributed by atoms with Gasteiger partial charge in [0.25, 0.3) is 0 Å². The van der Waals surface area contributed by atoms with Crippen LogP contribution in [0.1, 0.15) is 5.69 Å². The van der Waals surface area contributed by atoms with E-state index in [1.807, 2.05) is 23.7 Å². The molecule has 1 rings (SSSR count). The van der Waals surface area contributed by atoms with Gasteiger partial charge in [-0.05, 0) is 18.2 Å². The number of aromatic amines is 1. The summed E-state index contributed by atoms with van der Waals surface area (Å²) >= 11 is 0. The molecule has 0 unspecified atom stereocenters. The van der Waals surface area contributed by atoms with Crippen molar-refractivity contribution < 1.29 is 0 Å². The highest BCUT2D eigenvalue weighted by Crippen LogP contribution is 2.00. The van der Waals surface area contributed by atoms with Gasteiger partial charge in [-0.2, -0.15) is 0 Å². The van der Waals surface area contributed by atoms with Gasteiger partial charge in [-0.25, -0.2) is 0 Å². The second-order valence-electron chi connectivity index (χ2n) is 2.53. The number of H-pyrrole nitrogens is 1. The Kier molecular flexibility index (Phi) is 2.92. The first-order valence-electron chi connectivity index (χ1n) is 3.74. The summed E-state index contributed by atoms with van der Waals surface area (Å²) in [7, 11) is -0.888. The second kappa shape index (κ2) is 3.98. The van der Waals surface area contributed by atoms with E-state index in [-0.39, 0.29) is 0 Å². The van der Waals surface area contributed by atoms with Gasteiger partial charge in [-0.1, -0.05) is 0 Å². The number of hydrogen-bond donors (Lipinski definition) is 1. The monoisotopic (exact) mass is 163 g/mol. The van der Waals surface area contributed by atoms with Crippen LogP contribution in [0.2, 0.25) is 0 Å². The van der Waals surface area contributed by atoms with Crippen LogP contribution in [-0.4, -0.2) is 13.8 Å². The van der Waals surface area contributed by atoms with Gasteiger partial charge in [0.05, 0.1) is 8.80 Å². The predicted octanol–water partition coefficient (Wildman–Crippen LogP) is 1.77. The van der Waals surface area contributed by atoms with Crippen LogP contribution in [0, 0.1) is 0 Å². The van der Waals surface area contributed by atoms with Gasteiger partial charge in [-0.3, -0.25) is 0 Å². The summed E-state index contributed by atoms with van der Waals surface area (Å²) in [5, 5.41) is 0. The Labute approximate surface area is 69.1 Å². The van der Waals surface area contributed by atoms with Crippen molar-refractivity contribution in [2.24, 2.45) is 0 Å². The smallest absolute Gasteiger partial charge is 0.0896 e. The molecule has 1 aromatic heterocycles. The van der Waals surface area contributed by atoms with Crippen molar-refractivity contribution >= 4 is 8.80 Å². The molecule has 11 heavy (non-hydrogen) atoms. The maximum atomic E-state index is 3.79. The molecule has 0 atom stereocenters. The van der Waals surface area contributed by atoms with Gasteiger partial charge in [0, 0.05) is 11.9 Å². The van der Waals surface area contributed by atoms with Crippen molar-refractivity contribution in [3.8, 4) is 0 Å². The standard InChI is InChI=1S/C9H13NSi/c1-3-11(4-2)8-9-6-5-7-10-9/h3-7,10-11H,1-2,8H2. The van der Waals surface area contributed by atoms with E-state index in [2.05, 4.69) is 24.2 Å². The Morgan fingerprint density at radius 2 is 2.18 bits per heavy atom. The normalized spacial score (nSPS) is 9.91. The molecular weight excluding hydrogens is 150 g/mol. The summed E-state index contributed by atoms with van der Waals surface area (Å²) < 4.78 is 0. The quantitative estimate of drug-likeness (QED) is 0.651. The van der Waals surface area contributed by atoms with E-state index in [4.69, 9.17) is 0 Å². The Morgan fingerprint density at radius 3 is 2.64 bits per heavy atom. The molecular formula is C9H13NSi. The second-order valence-corrected chi connectivity index (χ2v) is 5.21. The molecule has 1 aromatic rings. The van der Waals surface area contributed by atoms with E-state index in [1.54, 1.807) is 0 Å². The van der Waals surface area contributed by atoms with Gasteiger partial charge in [0.15, 0.2) is 0 Å². The molecule has 0 spiro atoms. The largest absolute Gasteiger partial charge is 0.365 e. The maximum absolute atomic E-state index is 3.79. The minimum Gasteiger partial charge on any atom is -0.365 e. The van der Waals surface area contributed by atoms with Crippen molar-refractivity contribution in [3.63, 3.8) is 0 Å². The first kappa shape index (κ1) is 8.08. The highest BCUT2D eigenvalue weighted by atomic mass is 28.3. The molecule has 0 saturated heterocycles. The van der Waals surface area contributed by atoms with Gasteiger partial charge in [-0.15, -0.1) is 24.6 Å². The molecule has 1 nitrogen and oxygen atoms in total. The zero-order valence-corrected chi connectivity index (χ0v) is 7.74. The van der Waals surface area contributed by atoms with Crippen LogP contribution >= 0.6 is 0 Å². The predicted molar refractivity (Wildman–Crippen MR) is 52.0 cm³/mol. The fourth-order valence-corrected chi connectivity index (χ4v) is 2.30. The molecule has 0 radical (unpaired) electrons. The van der Waals surface area contributed by atoms with Crippen molar-refractivity contribution in [2.75, 3.05) is 0 Å². The first-order valence-corrected chi connectivity index (χ1v) is 5.89. The molecule has 1 N–H and O–H groups in total. The Morgan fingerprint density at radius 1 is 1.45 bits per heavy atom. The Bertz CT molecular complexity index is 218. The van der Waals surface area contributed by atoms with Crippen molar-refractivity contribution in [3.05, 3.63) is 48.6 Å². The number of aromatic nitrogens is 1. The minimum absolute atomic E-state index is 0.888. The van der Waals surface area contributed by atoms with Crippen molar-refractivity contribution in [2.45, 2.75) is 6.04 Å². The molecule has 0 fully saturated rings. The molecule has 0 saturated carbocycles. The zero-order valence-electron chi connectivity index (χ0n) is 6.59. The van der Waals surface area contributed by atoms with Crippen LogP contribution in [0.15, 0.2) is 42.9 Å². The third-order valence-electron chi connectivity index (χ3n) is 1.72. The third-order valence-corrected chi connectivity index (χ3v) is 3.85. The molecule has 1 heterocycles. The average molecular weight is 163 g/mol. The van der Waals surface area contributed by atoms with E-state index in [9.17, 15) is 0 Å². The molecule has 0 aromatic carbocycles. The fourth-order valence-electron chi connectivity index (χ4n) is 1.01. The Balaban J connectivity index is 2.54.